The van der Waals surface area contributed by atoms with Crippen LogP contribution in [0.4, 0.5) is 0 Å². The Morgan fingerprint density at radius 1 is 1.04 bits per heavy atom. The van der Waals surface area contributed by atoms with Crippen molar-refractivity contribution in [2.24, 2.45) is 0 Å². The number of methoxy groups -OCH3 is 1. The third-order valence-electron chi connectivity index (χ3n) is 3.81. The molecule has 0 radical (unpaired) electrons. The Hall–Kier alpha value is -3.68. The number of benzene rings is 1. The molecular weight excluding hydrogens is 360 g/mol. The van der Waals surface area contributed by atoms with E-state index in [9.17, 15) is 0 Å². The SMILES string of the molecule is CCCOc1nc(Oc2cccnc2)nc2oc(-c3cccc(OC)c3)nc12. The fourth-order valence-corrected chi connectivity index (χ4v) is 2.52. The molecule has 0 aliphatic rings. The van der Waals surface area contributed by atoms with Crippen LogP contribution in [0.5, 0.6) is 23.4 Å². The van der Waals surface area contributed by atoms with Crippen LogP contribution >= 0.6 is 0 Å². The van der Waals surface area contributed by atoms with Crippen LogP contribution in [-0.4, -0.2) is 33.7 Å². The molecule has 0 amide bonds. The van der Waals surface area contributed by atoms with E-state index in [0.29, 0.717) is 35.4 Å². The van der Waals surface area contributed by atoms with Gasteiger partial charge in [0.05, 0.1) is 19.9 Å². The summed E-state index contributed by atoms with van der Waals surface area (Å²) in [5.74, 6) is 1.91. The van der Waals surface area contributed by atoms with Crippen LogP contribution < -0.4 is 14.2 Å². The van der Waals surface area contributed by atoms with E-state index in [-0.39, 0.29) is 11.7 Å². The third kappa shape index (κ3) is 3.71. The number of hydrogen-bond donors (Lipinski definition) is 0. The van der Waals surface area contributed by atoms with E-state index in [1.165, 1.54) is 0 Å². The topological polar surface area (TPSA) is 92.4 Å². The van der Waals surface area contributed by atoms with Gasteiger partial charge < -0.3 is 18.6 Å². The first-order valence-electron chi connectivity index (χ1n) is 8.80. The van der Waals surface area contributed by atoms with Crippen LogP contribution in [-0.2, 0) is 0 Å². The van der Waals surface area contributed by atoms with Gasteiger partial charge in [0.25, 0.3) is 11.6 Å². The smallest absolute Gasteiger partial charge is 0.328 e. The maximum absolute atomic E-state index is 5.86. The summed E-state index contributed by atoms with van der Waals surface area (Å²) in [5.41, 5.74) is 1.47. The van der Waals surface area contributed by atoms with Gasteiger partial charge in [0.2, 0.25) is 5.89 Å². The number of oxazole rings is 1. The summed E-state index contributed by atoms with van der Waals surface area (Å²) < 4.78 is 22.6. The van der Waals surface area contributed by atoms with E-state index in [1.807, 2.05) is 31.2 Å². The van der Waals surface area contributed by atoms with Crippen molar-refractivity contribution in [1.82, 2.24) is 19.9 Å². The van der Waals surface area contributed by atoms with E-state index in [2.05, 4.69) is 19.9 Å². The Morgan fingerprint density at radius 2 is 1.93 bits per heavy atom. The van der Waals surface area contributed by atoms with Crippen molar-refractivity contribution in [2.75, 3.05) is 13.7 Å². The molecule has 0 aliphatic heterocycles. The number of fused-ring (bicyclic) bond motifs is 1. The highest BCUT2D eigenvalue weighted by Gasteiger charge is 2.18. The number of aromatic nitrogens is 4. The summed E-state index contributed by atoms with van der Waals surface area (Å²) in [5, 5.41) is 0. The first kappa shape index (κ1) is 17.7. The average molecular weight is 378 g/mol. The number of nitrogens with zero attached hydrogens (tertiary/aromatic N) is 4. The van der Waals surface area contributed by atoms with Crippen molar-refractivity contribution in [1.29, 1.82) is 0 Å². The van der Waals surface area contributed by atoms with Crippen LogP contribution in [0.3, 0.4) is 0 Å². The van der Waals surface area contributed by atoms with Gasteiger partial charge in [-0.1, -0.05) is 13.0 Å². The summed E-state index contributed by atoms with van der Waals surface area (Å²) in [6, 6.07) is 11.0. The lowest BCUT2D eigenvalue weighted by molar-refractivity contribution is 0.302. The van der Waals surface area contributed by atoms with Crippen molar-refractivity contribution < 1.29 is 18.6 Å². The van der Waals surface area contributed by atoms with Gasteiger partial charge in [-0.3, -0.25) is 4.98 Å². The minimum Gasteiger partial charge on any atom is -0.497 e. The molecule has 0 saturated carbocycles. The average Bonchev–Trinajstić information content (AvgIpc) is 3.17. The molecule has 0 atom stereocenters. The number of hydrogen-bond acceptors (Lipinski definition) is 8. The number of pyridine rings is 1. The lowest BCUT2D eigenvalue weighted by Gasteiger charge is -2.06. The van der Waals surface area contributed by atoms with Gasteiger partial charge in [0.1, 0.15) is 11.5 Å². The normalized spacial score (nSPS) is 10.8. The second kappa shape index (κ2) is 7.91. The van der Waals surface area contributed by atoms with E-state index in [4.69, 9.17) is 18.6 Å². The fourth-order valence-electron chi connectivity index (χ4n) is 2.52. The fraction of sp³-hybridized carbons (Fsp3) is 0.200. The van der Waals surface area contributed by atoms with Gasteiger partial charge in [0.15, 0.2) is 5.52 Å². The molecule has 3 heterocycles. The second-order valence-corrected chi connectivity index (χ2v) is 5.86. The molecule has 0 bridgehead atoms. The molecule has 1 aromatic carbocycles. The predicted octanol–water partition coefficient (Wildman–Crippen LogP) is 4.27. The lowest BCUT2D eigenvalue weighted by atomic mass is 10.2. The van der Waals surface area contributed by atoms with Gasteiger partial charge in [-0.15, -0.1) is 0 Å². The maximum atomic E-state index is 5.86. The second-order valence-electron chi connectivity index (χ2n) is 5.86. The van der Waals surface area contributed by atoms with Gasteiger partial charge in [-0.2, -0.15) is 9.97 Å². The van der Waals surface area contributed by atoms with Crippen LogP contribution in [0.15, 0.2) is 53.2 Å². The van der Waals surface area contributed by atoms with Crippen molar-refractivity contribution in [3.05, 3.63) is 48.8 Å². The van der Waals surface area contributed by atoms with Gasteiger partial charge >= 0.3 is 6.01 Å². The van der Waals surface area contributed by atoms with E-state index in [0.717, 1.165) is 12.0 Å². The zero-order valence-corrected chi connectivity index (χ0v) is 15.5. The molecule has 0 saturated heterocycles. The molecule has 4 rings (SSSR count). The Bertz CT molecular complexity index is 1080. The van der Waals surface area contributed by atoms with E-state index >= 15 is 0 Å². The first-order valence-corrected chi connectivity index (χ1v) is 8.80. The quantitative estimate of drug-likeness (QED) is 0.471. The Balaban J connectivity index is 1.76. The molecule has 0 spiro atoms. The van der Waals surface area contributed by atoms with Gasteiger partial charge in [-0.25, -0.2) is 4.98 Å². The summed E-state index contributed by atoms with van der Waals surface area (Å²) in [4.78, 5) is 17.2. The van der Waals surface area contributed by atoms with Crippen molar-refractivity contribution in [3.63, 3.8) is 0 Å². The molecule has 8 nitrogen and oxygen atoms in total. The van der Waals surface area contributed by atoms with Crippen LogP contribution in [0.1, 0.15) is 13.3 Å². The minimum atomic E-state index is 0.0972. The molecule has 0 N–H and O–H groups in total. The minimum absolute atomic E-state index is 0.0972. The highest BCUT2D eigenvalue weighted by Crippen LogP contribution is 2.31. The highest BCUT2D eigenvalue weighted by atomic mass is 16.5. The molecule has 3 aromatic heterocycles. The molecule has 0 unspecified atom stereocenters. The van der Waals surface area contributed by atoms with Crippen LogP contribution in [0, 0.1) is 0 Å². The summed E-state index contributed by atoms with van der Waals surface area (Å²) in [7, 11) is 1.61. The van der Waals surface area contributed by atoms with Gasteiger partial charge in [-0.05, 0) is 36.8 Å². The largest absolute Gasteiger partial charge is 0.497 e. The van der Waals surface area contributed by atoms with Crippen molar-refractivity contribution in [3.8, 4) is 34.8 Å². The Labute approximate surface area is 161 Å². The van der Waals surface area contributed by atoms with Crippen molar-refractivity contribution in [2.45, 2.75) is 13.3 Å². The molecule has 0 fully saturated rings. The molecule has 142 valence electrons. The molecular formula is C20H18N4O4. The monoisotopic (exact) mass is 378 g/mol. The molecule has 28 heavy (non-hydrogen) atoms. The van der Waals surface area contributed by atoms with E-state index in [1.54, 1.807) is 31.6 Å². The molecule has 4 aromatic rings. The summed E-state index contributed by atoms with van der Waals surface area (Å²) in [6.45, 7) is 2.50. The Morgan fingerprint density at radius 3 is 2.71 bits per heavy atom. The molecule has 0 aliphatic carbocycles. The van der Waals surface area contributed by atoms with Crippen LogP contribution in [0.25, 0.3) is 22.7 Å². The molecule has 8 heteroatoms. The number of rotatable bonds is 7. The zero-order chi connectivity index (χ0) is 19.3. The number of ether oxygens (including phenoxy) is 3. The lowest BCUT2D eigenvalue weighted by Crippen LogP contribution is -2.01. The first-order chi connectivity index (χ1) is 13.8. The van der Waals surface area contributed by atoms with Crippen molar-refractivity contribution >= 4 is 11.2 Å². The van der Waals surface area contributed by atoms with E-state index < -0.39 is 0 Å². The Kier molecular flexibility index (Phi) is 5.01. The standard InChI is InChI=1S/C20H18N4O4/c1-3-10-26-18-16-19(24-20(23-18)27-15-8-5-9-21-12-15)28-17(22-16)13-6-4-7-14(11-13)25-2/h4-9,11-12H,3,10H2,1-2H3. The third-order valence-corrected chi connectivity index (χ3v) is 3.81. The maximum Gasteiger partial charge on any atom is 0.328 e. The highest BCUT2D eigenvalue weighted by molar-refractivity contribution is 5.78. The zero-order valence-electron chi connectivity index (χ0n) is 15.5. The van der Waals surface area contributed by atoms with Gasteiger partial charge in [0, 0.05) is 11.8 Å². The predicted molar refractivity (Wildman–Crippen MR) is 102 cm³/mol. The summed E-state index contributed by atoms with van der Waals surface area (Å²) in [6.07, 6.45) is 4.05. The van der Waals surface area contributed by atoms with Crippen LogP contribution in [0.2, 0.25) is 0 Å². The summed E-state index contributed by atoms with van der Waals surface area (Å²) >= 11 is 0.